The zero-order valence-corrected chi connectivity index (χ0v) is 11.5. The molecule has 0 bridgehead atoms. The van der Waals surface area contributed by atoms with E-state index in [4.69, 9.17) is 20.1 Å². The van der Waals surface area contributed by atoms with E-state index in [0.717, 1.165) is 6.07 Å². The second-order valence-corrected chi connectivity index (χ2v) is 4.34. The molecule has 5 heteroatoms. The van der Waals surface area contributed by atoms with Gasteiger partial charge < -0.3 is 15.8 Å². The number of benzene rings is 2. The topological polar surface area (TPSA) is 64.3 Å². The largest absolute Gasteiger partial charge is 0.489 e. The van der Waals surface area contributed by atoms with Crippen LogP contribution in [0.3, 0.4) is 0 Å². The van der Waals surface area contributed by atoms with Crippen molar-refractivity contribution in [1.82, 2.24) is 5.32 Å². The van der Waals surface area contributed by atoms with E-state index in [0.29, 0.717) is 0 Å². The first-order valence-electron chi connectivity index (χ1n) is 9.85. The Morgan fingerprint density at radius 1 is 1.36 bits per heavy atom. The van der Waals surface area contributed by atoms with E-state index in [1.807, 2.05) is 0 Å². The van der Waals surface area contributed by atoms with Gasteiger partial charge in [0.15, 0.2) is 0 Å². The first-order valence-corrected chi connectivity index (χ1v) is 6.35. The Morgan fingerprint density at radius 2 is 2.14 bits per heavy atom. The number of nitrogens with one attached hydrogen (secondary N) is 1. The lowest BCUT2D eigenvalue weighted by Gasteiger charge is -2.11. The van der Waals surface area contributed by atoms with E-state index in [2.05, 4.69) is 5.32 Å². The van der Waals surface area contributed by atoms with Crippen molar-refractivity contribution >= 4 is 5.91 Å². The van der Waals surface area contributed by atoms with E-state index in [-0.39, 0.29) is 16.9 Å². The fraction of sp³-hybridized carbons (Fsp3) is 0.235. The van der Waals surface area contributed by atoms with Crippen molar-refractivity contribution in [2.75, 3.05) is 0 Å². The van der Waals surface area contributed by atoms with Gasteiger partial charge in [-0.3, -0.25) is 4.79 Å². The second-order valence-electron chi connectivity index (χ2n) is 4.34. The molecular weight excluding hydrogens is 283 g/mol. The minimum atomic E-state index is -2.84. The van der Waals surface area contributed by atoms with Crippen LogP contribution in [0, 0.1) is 5.82 Å². The summed E-state index contributed by atoms with van der Waals surface area (Å²) in [4.78, 5) is 11.4. The summed E-state index contributed by atoms with van der Waals surface area (Å²) in [5.41, 5.74) is 4.97. The average Bonchev–Trinajstić information content (AvgIpc) is 2.59. The Morgan fingerprint density at radius 3 is 2.77 bits per heavy atom. The molecule has 0 aliphatic carbocycles. The van der Waals surface area contributed by atoms with Crippen LogP contribution in [0.25, 0.3) is 0 Å². The summed E-state index contributed by atoms with van der Waals surface area (Å²) in [5.74, 6) is -1.82. The molecule has 4 nitrogen and oxygen atoms in total. The van der Waals surface area contributed by atoms with Crippen LogP contribution in [0.15, 0.2) is 48.5 Å². The molecule has 1 amide bonds. The van der Waals surface area contributed by atoms with Gasteiger partial charge in [0.25, 0.3) is 0 Å². The van der Waals surface area contributed by atoms with E-state index >= 15 is 0 Å². The smallest absolute Gasteiger partial charge is 0.234 e. The number of carbonyl (C=O) groups excluding carboxylic acids is 1. The minimum absolute atomic E-state index is 0.0288. The lowest BCUT2D eigenvalue weighted by Crippen LogP contribution is -2.38. The summed E-state index contributed by atoms with van der Waals surface area (Å²) in [6.45, 7) is -7.61. The number of hydrogen-bond donors (Lipinski definition) is 2. The number of primary amides is 1. The summed E-state index contributed by atoms with van der Waals surface area (Å²) in [6, 6.07) is 7.96. The molecule has 2 aromatic carbocycles. The summed E-state index contributed by atoms with van der Waals surface area (Å²) in [5, 5.41) is 2.09. The molecule has 0 aromatic heterocycles. The van der Waals surface area contributed by atoms with Crippen molar-refractivity contribution in [3.8, 4) is 5.75 Å². The predicted molar refractivity (Wildman–Crippen MR) is 82.7 cm³/mol. The number of amides is 1. The van der Waals surface area contributed by atoms with Gasteiger partial charge >= 0.3 is 0 Å². The molecular formula is C17H19FN2O2. The Kier molecular flexibility index (Phi) is 3.06. The van der Waals surface area contributed by atoms with Crippen molar-refractivity contribution < 1.29 is 23.5 Å². The highest BCUT2D eigenvalue weighted by atomic mass is 19.1. The van der Waals surface area contributed by atoms with Gasteiger partial charge in [-0.25, -0.2) is 4.39 Å². The molecule has 0 unspecified atom stereocenters. The number of hydrogen-bond acceptors (Lipinski definition) is 3. The predicted octanol–water partition coefficient (Wildman–Crippen LogP) is 2.37. The molecule has 1 atom stereocenters. The van der Waals surface area contributed by atoms with Gasteiger partial charge in [-0.2, -0.15) is 0 Å². The van der Waals surface area contributed by atoms with Gasteiger partial charge in [-0.15, -0.1) is 0 Å². The molecule has 22 heavy (non-hydrogen) atoms. The molecule has 2 rings (SSSR count). The quantitative estimate of drug-likeness (QED) is 0.825. The molecule has 0 radical (unpaired) electrons. The Balaban J connectivity index is 2.19. The van der Waals surface area contributed by atoms with Gasteiger partial charge in [0.1, 0.15) is 18.1 Å². The first-order chi connectivity index (χ1) is 13.2. The third-order valence-corrected chi connectivity index (χ3v) is 2.61. The third-order valence-electron chi connectivity index (χ3n) is 2.61. The zero-order valence-electron chi connectivity index (χ0n) is 18.5. The van der Waals surface area contributed by atoms with Crippen molar-refractivity contribution in [3.05, 3.63) is 65.5 Å². The molecule has 3 N–H and O–H groups in total. The molecule has 0 saturated carbocycles. The van der Waals surface area contributed by atoms with Crippen LogP contribution in [0.1, 0.15) is 27.6 Å². The first kappa shape index (κ1) is 8.90. The average molecular weight is 309 g/mol. The summed E-state index contributed by atoms with van der Waals surface area (Å²) in [7, 11) is 0. The van der Waals surface area contributed by atoms with Gasteiger partial charge in [0.2, 0.25) is 5.91 Å². The molecule has 2 aromatic rings. The SMILES string of the molecule is [2H]C([2H])(N[C@H](C(N)=O)C([2H])([2H])[2H])c1ccc(OC([2H])([2H])c2cccc(F)c2)cc1. The molecule has 0 fully saturated rings. The molecule has 0 heterocycles. The number of nitrogens with two attached hydrogens (primary N) is 1. The number of rotatable bonds is 7. The van der Waals surface area contributed by atoms with Crippen LogP contribution in [-0.2, 0) is 17.9 Å². The van der Waals surface area contributed by atoms with Crippen molar-refractivity contribution in [3.63, 3.8) is 0 Å². The molecule has 0 saturated heterocycles. The molecule has 0 spiro atoms. The fourth-order valence-electron chi connectivity index (χ4n) is 1.50. The lowest BCUT2D eigenvalue weighted by atomic mass is 10.2. The van der Waals surface area contributed by atoms with Crippen LogP contribution in [0.4, 0.5) is 4.39 Å². The Hall–Kier alpha value is -2.40. The monoisotopic (exact) mass is 309 g/mol. The maximum atomic E-state index is 13.3. The van der Waals surface area contributed by atoms with Crippen molar-refractivity contribution in [2.45, 2.75) is 25.9 Å². The van der Waals surface area contributed by atoms with Crippen LogP contribution >= 0.6 is 0 Å². The van der Waals surface area contributed by atoms with Gasteiger partial charge in [-0.1, -0.05) is 24.3 Å². The molecule has 0 aliphatic rings. The van der Waals surface area contributed by atoms with Crippen LogP contribution in [0.5, 0.6) is 5.75 Å². The third kappa shape index (κ3) is 4.86. The van der Waals surface area contributed by atoms with Crippen LogP contribution < -0.4 is 15.8 Å². The number of ether oxygens (including phenoxy) is 1. The number of carbonyl (C=O) groups is 1. The zero-order chi connectivity index (χ0) is 22.0. The summed E-state index contributed by atoms with van der Waals surface area (Å²) >= 11 is 0. The normalized spacial score (nSPS) is 18.5. The maximum Gasteiger partial charge on any atom is 0.234 e. The molecule has 0 aliphatic heterocycles. The highest BCUT2D eigenvalue weighted by Crippen LogP contribution is 2.14. The van der Waals surface area contributed by atoms with Gasteiger partial charge in [-0.05, 0) is 42.2 Å². The minimum Gasteiger partial charge on any atom is -0.489 e. The standard InChI is InChI=1S/C17H19FN2O2/c1-12(17(19)21)20-10-13-5-7-16(8-6-13)22-11-14-3-2-4-15(18)9-14/h2-9,12,20H,10-11H2,1H3,(H2,19,21)/t12-/m0/s1/i1D3,10D2,11D2. The lowest BCUT2D eigenvalue weighted by molar-refractivity contribution is -0.119. The highest BCUT2D eigenvalue weighted by Gasteiger charge is 2.07. The second kappa shape index (κ2) is 7.56. The summed E-state index contributed by atoms with van der Waals surface area (Å²) < 4.78 is 72.5. The van der Waals surface area contributed by atoms with E-state index in [1.165, 1.54) is 42.5 Å². The van der Waals surface area contributed by atoms with E-state index in [9.17, 15) is 9.18 Å². The van der Waals surface area contributed by atoms with Crippen molar-refractivity contribution in [1.29, 1.82) is 0 Å². The maximum absolute atomic E-state index is 13.3. The van der Waals surface area contributed by atoms with Gasteiger partial charge in [0, 0.05) is 13.4 Å². The van der Waals surface area contributed by atoms with Crippen molar-refractivity contribution in [2.24, 2.45) is 5.73 Å². The number of halogens is 1. The Bertz CT molecular complexity index is 873. The molecule has 116 valence electrons. The van der Waals surface area contributed by atoms with E-state index < -0.39 is 37.7 Å². The van der Waals surface area contributed by atoms with Gasteiger partial charge in [0.05, 0.1) is 8.78 Å². The Labute approximate surface area is 138 Å². The fourth-order valence-corrected chi connectivity index (χ4v) is 1.50. The van der Waals surface area contributed by atoms with E-state index in [1.54, 1.807) is 0 Å². The summed E-state index contributed by atoms with van der Waals surface area (Å²) in [6.07, 6.45) is 0. The highest BCUT2D eigenvalue weighted by molar-refractivity contribution is 5.79. The van der Waals surface area contributed by atoms with Crippen LogP contribution in [-0.4, -0.2) is 11.9 Å². The van der Waals surface area contributed by atoms with Crippen LogP contribution in [0.2, 0.25) is 0 Å².